The maximum absolute atomic E-state index is 5.66. The predicted molar refractivity (Wildman–Crippen MR) is 82.7 cm³/mol. The summed E-state index contributed by atoms with van der Waals surface area (Å²) in [5, 5.41) is 0. The van der Waals surface area contributed by atoms with Gasteiger partial charge in [-0.25, -0.2) is 4.98 Å². The largest absolute Gasteiger partial charge is 0.330 e. The summed E-state index contributed by atoms with van der Waals surface area (Å²) in [6.07, 6.45) is 5.75. The Labute approximate surface area is 120 Å². The minimum atomic E-state index is 0.742. The Morgan fingerprint density at radius 3 is 2.90 bits per heavy atom. The van der Waals surface area contributed by atoms with Gasteiger partial charge in [0.05, 0.1) is 5.69 Å². The van der Waals surface area contributed by atoms with E-state index in [1.165, 1.54) is 41.8 Å². The molecule has 3 heteroatoms. The Hall–Kier alpha value is -1.61. The van der Waals surface area contributed by atoms with Crippen LogP contribution in [0.15, 0.2) is 24.3 Å². The first-order valence-electron chi connectivity index (χ1n) is 7.65. The second kappa shape index (κ2) is 5.80. The van der Waals surface area contributed by atoms with Gasteiger partial charge in [0.1, 0.15) is 5.82 Å². The van der Waals surface area contributed by atoms with Gasteiger partial charge < -0.3 is 10.3 Å². The SMILES string of the molecule is Cc1ccccc1-c1nc(CCCN)c2n1CCCC2. The molecule has 0 bridgehead atoms. The van der Waals surface area contributed by atoms with Crippen LogP contribution in [-0.2, 0) is 19.4 Å². The molecule has 0 radical (unpaired) electrons. The topological polar surface area (TPSA) is 43.8 Å². The van der Waals surface area contributed by atoms with Gasteiger partial charge in [-0.05, 0) is 51.1 Å². The number of nitrogens with zero attached hydrogens (tertiary/aromatic N) is 2. The van der Waals surface area contributed by atoms with Crippen LogP contribution >= 0.6 is 0 Å². The Bertz CT molecular complexity index is 598. The molecule has 0 spiro atoms. The quantitative estimate of drug-likeness (QED) is 0.927. The van der Waals surface area contributed by atoms with Crippen LogP contribution in [0.2, 0.25) is 0 Å². The molecule has 0 unspecified atom stereocenters. The summed E-state index contributed by atoms with van der Waals surface area (Å²) in [6.45, 7) is 4.01. The number of aromatic nitrogens is 2. The molecule has 0 fully saturated rings. The summed E-state index contributed by atoms with van der Waals surface area (Å²) in [5.74, 6) is 1.16. The molecule has 3 rings (SSSR count). The van der Waals surface area contributed by atoms with Crippen LogP contribution in [0.4, 0.5) is 0 Å². The van der Waals surface area contributed by atoms with Crippen LogP contribution in [0.5, 0.6) is 0 Å². The van der Waals surface area contributed by atoms with Crippen molar-refractivity contribution in [2.24, 2.45) is 5.73 Å². The van der Waals surface area contributed by atoms with Crippen LogP contribution < -0.4 is 5.73 Å². The average Bonchev–Trinajstić information content (AvgIpc) is 2.84. The van der Waals surface area contributed by atoms with Crippen molar-refractivity contribution in [3.05, 3.63) is 41.2 Å². The molecule has 1 aliphatic rings. The van der Waals surface area contributed by atoms with Crippen molar-refractivity contribution in [1.29, 1.82) is 0 Å². The maximum atomic E-state index is 5.66. The first kappa shape index (κ1) is 13.4. The van der Waals surface area contributed by atoms with Crippen LogP contribution in [0.1, 0.15) is 36.2 Å². The summed E-state index contributed by atoms with van der Waals surface area (Å²) < 4.78 is 2.44. The highest BCUT2D eigenvalue weighted by atomic mass is 15.1. The lowest BCUT2D eigenvalue weighted by Crippen LogP contribution is -2.12. The smallest absolute Gasteiger partial charge is 0.140 e. The normalized spacial score (nSPS) is 14.3. The van der Waals surface area contributed by atoms with E-state index >= 15 is 0 Å². The summed E-state index contributed by atoms with van der Waals surface area (Å²) in [6, 6.07) is 8.55. The van der Waals surface area contributed by atoms with Crippen LogP contribution in [0.25, 0.3) is 11.4 Å². The lowest BCUT2D eigenvalue weighted by Gasteiger charge is -2.18. The number of rotatable bonds is 4. The fourth-order valence-electron chi connectivity index (χ4n) is 3.12. The van der Waals surface area contributed by atoms with E-state index < -0.39 is 0 Å². The summed E-state index contributed by atoms with van der Waals surface area (Å²) >= 11 is 0. The lowest BCUT2D eigenvalue weighted by molar-refractivity contribution is 0.532. The predicted octanol–water partition coefficient (Wildman–Crippen LogP) is 3.09. The molecule has 1 aliphatic heterocycles. The molecule has 0 atom stereocenters. The molecule has 0 amide bonds. The van der Waals surface area contributed by atoms with E-state index in [1.54, 1.807) is 0 Å². The molecule has 0 saturated heterocycles. The van der Waals surface area contributed by atoms with Crippen LogP contribution in [-0.4, -0.2) is 16.1 Å². The monoisotopic (exact) mass is 269 g/mol. The highest BCUT2D eigenvalue weighted by Crippen LogP contribution is 2.29. The Morgan fingerprint density at radius 1 is 1.25 bits per heavy atom. The van der Waals surface area contributed by atoms with Crippen LogP contribution in [0, 0.1) is 6.92 Å². The zero-order valence-electron chi connectivity index (χ0n) is 12.2. The van der Waals surface area contributed by atoms with Gasteiger partial charge in [0.25, 0.3) is 0 Å². The zero-order valence-corrected chi connectivity index (χ0v) is 12.2. The third kappa shape index (κ3) is 2.38. The Balaban J connectivity index is 2.07. The molecular formula is C17H23N3. The van der Waals surface area contributed by atoms with E-state index in [4.69, 9.17) is 10.7 Å². The van der Waals surface area contributed by atoms with E-state index in [2.05, 4.69) is 35.8 Å². The number of imidazole rings is 1. The summed E-state index contributed by atoms with van der Waals surface area (Å²) in [4.78, 5) is 4.97. The molecule has 1 aromatic carbocycles. The van der Waals surface area contributed by atoms with E-state index in [0.29, 0.717) is 0 Å². The third-order valence-electron chi connectivity index (χ3n) is 4.20. The summed E-state index contributed by atoms with van der Waals surface area (Å²) in [7, 11) is 0. The van der Waals surface area contributed by atoms with Crippen molar-refractivity contribution >= 4 is 0 Å². The van der Waals surface area contributed by atoms with E-state index in [-0.39, 0.29) is 0 Å². The first-order valence-corrected chi connectivity index (χ1v) is 7.65. The van der Waals surface area contributed by atoms with Gasteiger partial charge in [-0.3, -0.25) is 0 Å². The first-order chi connectivity index (χ1) is 9.81. The number of aryl methyl sites for hydroxylation is 2. The maximum Gasteiger partial charge on any atom is 0.140 e. The number of benzene rings is 1. The van der Waals surface area contributed by atoms with E-state index in [0.717, 1.165) is 31.8 Å². The van der Waals surface area contributed by atoms with E-state index in [1.807, 2.05) is 0 Å². The summed E-state index contributed by atoms with van der Waals surface area (Å²) in [5.41, 5.74) is 11.0. The number of nitrogens with two attached hydrogens (primary N) is 1. The third-order valence-corrected chi connectivity index (χ3v) is 4.20. The molecule has 2 aromatic rings. The van der Waals surface area contributed by atoms with Crippen molar-refractivity contribution in [2.45, 2.75) is 45.6 Å². The molecule has 2 heterocycles. The molecular weight excluding hydrogens is 246 g/mol. The highest BCUT2D eigenvalue weighted by Gasteiger charge is 2.20. The molecule has 0 aliphatic carbocycles. The minimum absolute atomic E-state index is 0.742. The van der Waals surface area contributed by atoms with Gasteiger partial charge in [-0.1, -0.05) is 24.3 Å². The van der Waals surface area contributed by atoms with Crippen molar-refractivity contribution < 1.29 is 0 Å². The average molecular weight is 269 g/mol. The second-order valence-electron chi connectivity index (χ2n) is 5.64. The van der Waals surface area contributed by atoms with E-state index in [9.17, 15) is 0 Å². The fourth-order valence-corrected chi connectivity index (χ4v) is 3.12. The van der Waals surface area contributed by atoms with Crippen molar-refractivity contribution in [3.8, 4) is 11.4 Å². The molecule has 106 valence electrons. The van der Waals surface area contributed by atoms with Gasteiger partial charge in [0.15, 0.2) is 0 Å². The molecule has 1 aromatic heterocycles. The highest BCUT2D eigenvalue weighted by molar-refractivity contribution is 5.61. The van der Waals surface area contributed by atoms with Crippen molar-refractivity contribution in [3.63, 3.8) is 0 Å². The number of hydrogen-bond donors (Lipinski definition) is 1. The molecule has 20 heavy (non-hydrogen) atoms. The number of fused-ring (bicyclic) bond motifs is 1. The zero-order chi connectivity index (χ0) is 13.9. The van der Waals surface area contributed by atoms with Gasteiger partial charge in [-0.2, -0.15) is 0 Å². The van der Waals surface area contributed by atoms with Crippen molar-refractivity contribution in [1.82, 2.24) is 9.55 Å². The fraction of sp³-hybridized carbons (Fsp3) is 0.471. The molecule has 2 N–H and O–H groups in total. The Kier molecular flexibility index (Phi) is 3.88. The van der Waals surface area contributed by atoms with Gasteiger partial charge in [0.2, 0.25) is 0 Å². The minimum Gasteiger partial charge on any atom is -0.330 e. The lowest BCUT2D eigenvalue weighted by atomic mass is 10.1. The van der Waals surface area contributed by atoms with Gasteiger partial charge in [0, 0.05) is 17.8 Å². The Morgan fingerprint density at radius 2 is 2.10 bits per heavy atom. The van der Waals surface area contributed by atoms with Gasteiger partial charge >= 0.3 is 0 Å². The molecule has 0 saturated carbocycles. The van der Waals surface area contributed by atoms with Crippen molar-refractivity contribution in [2.75, 3.05) is 6.54 Å². The van der Waals surface area contributed by atoms with Crippen LogP contribution in [0.3, 0.4) is 0 Å². The molecule has 3 nitrogen and oxygen atoms in total. The van der Waals surface area contributed by atoms with Gasteiger partial charge in [-0.15, -0.1) is 0 Å². The number of hydrogen-bond acceptors (Lipinski definition) is 2. The second-order valence-corrected chi connectivity index (χ2v) is 5.64. The standard InChI is InChI=1S/C17H23N3/c1-13-7-2-3-8-14(13)17-19-15(9-6-11-18)16-10-4-5-12-20(16)17/h2-3,7-8H,4-6,9-12,18H2,1H3.